The average Bonchev–Trinajstić information content (AvgIpc) is 2.44. The second-order valence-electron chi connectivity index (χ2n) is 5.88. The van der Waals surface area contributed by atoms with E-state index in [1.54, 1.807) is 7.11 Å². The van der Waals surface area contributed by atoms with Crippen molar-refractivity contribution in [1.82, 2.24) is 5.32 Å². The molecule has 0 heterocycles. The second-order valence-corrected chi connectivity index (χ2v) is 6.92. The summed E-state index contributed by atoms with van der Waals surface area (Å²) in [5.41, 5.74) is 5.48. The Hall–Kier alpha value is -0.910. The summed E-state index contributed by atoms with van der Waals surface area (Å²) in [5, 5.41) is 3.06. The molecule has 1 atom stereocenters. The van der Waals surface area contributed by atoms with Gasteiger partial charge in [0.2, 0.25) is 5.91 Å². The summed E-state index contributed by atoms with van der Waals surface area (Å²) < 4.78 is 5.11. The van der Waals surface area contributed by atoms with Gasteiger partial charge in [-0.3, -0.25) is 4.79 Å². The highest BCUT2D eigenvalue weighted by Gasteiger charge is 2.25. The Balaban J connectivity index is 0.00000441. The molecule has 0 aliphatic heterocycles. The fourth-order valence-corrected chi connectivity index (χ4v) is 2.98. The maximum atomic E-state index is 12.1. The number of hydrogen-bond donors (Lipinski definition) is 2. The molecule has 0 radical (unpaired) electrons. The lowest BCUT2D eigenvalue weighted by Gasteiger charge is -2.31. The van der Waals surface area contributed by atoms with Crippen LogP contribution in [0.5, 0.6) is 5.75 Å². The van der Waals surface area contributed by atoms with E-state index >= 15 is 0 Å². The predicted octanol–water partition coefficient (Wildman–Crippen LogP) is 3.09. The van der Waals surface area contributed by atoms with Gasteiger partial charge in [-0.2, -0.15) is 0 Å². The van der Waals surface area contributed by atoms with E-state index in [1.165, 1.54) is 11.8 Å². The van der Waals surface area contributed by atoms with E-state index in [2.05, 4.69) is 19.2 Å². The zero-order valence-corrected chi connectivity index (χ0v) is 15.4. The van der Waals surface area contributed by atoms with Crippen LogP contribution in [0.2, 0.25) is 0 Å². The molecule has 1 aromatic carbocycles. The molecule has 126 valence electrons. The van der Waals surface area contributed by atoms with Crippen molar-refractivity contribution in [2.45, 2.75) is 37.6 Å². The number of amides is 1. The van der Waals surface area contributed by atoms with Crippen LogP contribution in [-0.4, -0.2) is 30.9 Å². The first-order valence-corrected chi connectivity index (χ1v) is 8.15. The van der Waals surface area contributed by atoms with Crippen LogP contribution in [0.1, 0.15) is 27.2 Å². The monoisotopic (exact) mass is 346 g/mol. The van der Waals surface area contributed by atoms with Gasteiger partial charge < -0.3 is 15.8 Å². The summed E-state index contributed by atoms with van der Waals surface area (Å²) in [5.74, 6) is 1.72. The lowest BCUT2D eigenvalue weighted by molar-refractivity contribution is -0.120. The van der Waals surface area contributed by atoms with Gasteiger partial charge in [-0.15, -0.1) is 24.2 Å². The number of thioether (sulfide) groups is 1. The van der Waals surface area contributed by atoms with Gasteiger partial charge in [0.1, 0.15) is 5.75 Å². The van der Waals surface area contributed by atoms with E-state index in [9.17, 15) is 4.79 Å². The number of nitrogens with one attached hydrogen (secondary N) is 1. The molecule has 0 fully saturated rings. The summed E-state index contributed by atoms with van der Waals surface area (Å²) in [6.07, 6.45) is 0.877. The van der Waals surface area contributed by atoms with E-state index in [0.29, 0.717) is 18.2 Å². The number of rotatable bonds is 8. The Kier molecular flexibility index (Phi) is 9.56. The van der Waals surface area contributed by atoms with Crippen molar-refractivity contribution in [3.05, 3.63) is 24.3 Å². The van der Waals surface area contributed by atoms with Crippen LogP contribution >= 0.6 is 24.2 Å². The SMILES string of the molecule is COc1ccc(SCC(=O)NC(C)(CN)CC(C)C)cc1.Cl. The fraction of sp³-hybridized carbons (Fsp3) is 0.562. The van der Waals surface area contributed by atoms with E-state index in [-0.39, 0.29) is 23.9 Å². The maximum Gasteiger partial charge on any atom is 0.230 e. The van der Waals surface area contributed by atoms with Crippen LogP contribution in [-0.2, 0) is 4.79 Å². The molecule has 1 aromatic rings. The summed E-state index contributed by atoms with van der Waals surface area (Å²) in [6, 6.07) is 7.69. The van der Waals surface area contributed by atoms with Crippen LogP contribution in [0.3, 0.4) is 0 Å². The molecule has 0 aliphatic carbocycles. The van der Waals surface area contributed by atoms with Crippen molar-refractivity contribution >= 4 is 30.1 Å². The highest BCUT2D eigenvalue weighted by atomic mass is 35.5. The molecule has 1 amide bonds. The first-order chi connectivity index (χ1) is 9.88. The molecule has 1 unspecified atom stereocenters. The van der Waals surface area contributed by atoms with Crippen molar-refractivity contribution in [1.29, 1.82) is 0 Å². The molecule has 0 bridgehead atoms. The molecule has 6 heteroatoms. The van der Waals surface area contributed by atoms with Gasteiger partial charge >= 0.3 is 0 Å². The minimum atomic E-state index is -0.328. The highest BCUT2D eigenvalue weighted by molar-refractivity contribution is 8.00. The lowest BCUT2D eigenvalue weighted by atomic mass is 9.91. The highest BCUT2D eigenvalue weighted by Crippen LogP contribution is 2.22. The summed E-state index contributed by atoms with van der Waals surface area (Å²) in [6.45, 7) is 6.71. The van der Waals surface area contributed by atoms with Gasteiger partial charge in [0.15, 0.2) is 0 Å². The molecule has 0 saturated heterocycles. The number of carbonyl (C=O) groups is 1. The fourth-order valence-electron chi connectivity index (χ4n) is 2.28. The molecule has 22 heavy (non-hydrogen) atoms. The number of nitrogens with two attached hydrogens (primary N) is 1. The minimum absolute atomic E-state index is 0. The summed E-state index contributed by atoms with van der Waals surface area (Å²) in [7, 11) is 1.64. The number of halogens is 1. The van der Waals surface area contributed by atoms with E-state index in [4.69, 9.17) is 10.5 Å². The van der Waals surface area contributed by atoms with Gasteiger partial charge in [0.05, 0.1) is 12.9 Å². The van der Waals surface area contributed by atoms with Crippen molar-refractivity contribution in [3.8, 4) is 5.75 Å². The number of hydrogen-bond acceptors (Lipinski definition) is 4. The third-order valence-electron chi connectivity index (χ3n) is 3.18. The Morgan fingerprint density at radius 2 is 1.95 bits per heavy atom. The molecule has 0 spiro atoms. The summed E-state index contributed by atoms with van der Waals surface area (Å²) in [4.78, 5) is 13.1. The second kappa shape index (κ2) is 9.98. The van der Waals surface area contributed by atoms with Crippen LogP contribution in [0.25, 0.3) is 0 Å². The van der Waals surface area contributed by atoms with E-state index < -0.39 is 0 Å². The van der Waals surface area contributed by atoms with Crippen molar-refractivity contribution < 1.29 is 9.53 Å². The third kappa shape index (κ3) is 7.38. The molecular formula is C16H27ClN2O2S. The number of benzene rings is 1. The average molecular weight is 347 g/mol. The zero-order valence-electron chi connectivity index (χ0n) is 13.7. The molecule has 0 aliphatic rings. The van der Waals surface area contributed by atoms with Crippen LogP contribution in [0.15, 0.2) is 29.2 Å². The van der Waals surface area contributed by atoms with Gasteiger partial charge in [0, 0.05) is 17.0 Å². The number of ether oxygens (including phenoxy) is 1. The molecule has 1 rings (SSSR count). The molecular weight excluding hydrogens is 320 g/mol. The van der Waals surface area contributed by atoms with Gasteiger partial charge in [-0.1, -0.05) is 13.8 Å². The molecule has 0 saturated carbocycles. The maximum absolute atomic E-state index is 12.1. The van der Waals surface area contributed by atoms with Gasteiger partial charge in [0.25, 0.3) is 0 Å². The van der Waals surface area contributed by atoms with Crippen LogP contribution in [0.4, 0.5) is 0 Å². The quantitative estimate of drug-likeness (QED) is 0.710. The summed E-state index contributed by atoms with van der Waals surface area (Å²) >= 11 is 1.51. The molecule has 4 nitrogen and oxygen atoms in total. The van der Waals surface area contributed by atoms with Gasteiger partial charge in [-0.25, -0.2) is 0 Å². The Morgan fingerprint density at radius 3 is 2.41 bits per heavy atom. The Labute approximate surface area is 144 Å². The third-order valence-corrected chi connectivity index (χ3v) is 4.19. The largest absolute Gasteiger partial charge is 0.497 e. The number of carbonyl (C=O) groups excluding carboxylic acids is 1. The Bertz CT molecular complexity index is 454. The predicted molar refractivity (Wildman–Crippen MR) is 96.0 cm³/mol. The van der Waals surface area contributed by atoms with Gasteiger partial charge in [-0.05, 0) is 43.5 Å². The standard InChI is InChI=1S/C16H26N2O2S.ClH/c1-12(2)9-16(3,11-17)18-15(19)10-21-14-7-5-13(20-4)6-8-14;/h5-8,12H,9-11,17H2,1-4H3,(H,18,19);1H. The van der Waals surface area contributed by atoms with Crippen molar-refractivity contribution in [2.24, 2.45) is 11.7 Å². The Morgan fingerprint density at radius 1 is 1.36 bits per heavy atom. The lowest BCUT2D eigenvalue weighted by Crippen LogP contribution is -2.52. The minimum Gasteiger partial charge on any atom is -0.497 e. The van der Waals surface area contributed by atoms with Crippen molar-refractivity contribution in [3.63, 3.8) is 0 Å². The zero-order chi connectivity index (χ0) is 15.9. The van der Waals surface area contributed by atoms with Crippen LogP contribution < -0.4 is 15.8 Å². The number of methoxy groups -OCH3 is 1. The molecule has 0 aromatic heterocycles. The molecule has 3 N–H and O–H groups in total. The van der Waals surface area contributed by atoms with Crippen molar-refractivity contribution in [2.75, 3.05) is 19.4 Å². The normalized spacial score (nSPS) is 13.2. The van der Waals surface area contributed by atoms with Crippen LogP contribution in [0, 0.1) is 5.92 Å². The topological polar surface area (TPSA) is 64.3 Å². The smallest absolute Gasteiger partial charge is 0.230 e. The van der Waals surface area contributed by atoms with E-state index in [1.807, 2.05) is 31.2 Å². The first kappa shape index (κ1) is 21.1. The van der Waals surface area contributed by atoms with E-state index in [0.717, 1.165) is 17.1 Å². The first-order valence-electron chi connectivity index (χ1n) is 7.16.